The van der Waals surface area contributed by atoms with E-state index in [0.717, 1.165) is 25.9 Å². The summed E-state index contributed by atoms with van der Waals surface area (Å²) in [6.07, 6.45) is 7.28. The second kappa shape index (κ2) is 7.79. The highest BCUT2D eigenvalue weighted by Crippen LogP contribution is 2.64. The van der Waals surface area contributed by atoms with Crippen LogP contribution in [0.1, 0.15) is 81.1 Å². The van der Waals surface area contributed by atoms with Crippen LogP contribution in [0.3, 0.4) is 0 Å². The van der Waals surface area contributed by atoms with Gasteiger partial charge in [-0.05, 0) is 72.8 Å². The van der Waals surface area contributed by atoms with Gasteiger partial charge in [-0.15, -0.1) is 0 Å². The van der Waals surface area contributed by atoms with E-state index < -0.39 is 16.6 Å². The van der Waals surface area contributed by atoms with Crippen molar-refractivity contribution in [2.75, 3.05) is 6.61 Å². The zero-order valence-corrected chi connectivity index (χ0v) is 24.6. The zero-order valence-electron chi connectivity index (χ0n) is 22.6. The van der Waals surface area contributed by atoms with E-state index in [4.69, 9.17) is 13.6 Å². The average molecular weight is 467 g/mol. The second-order valence-electron chi connectivity index (χ2n) is 14.0. The van der Waals surface area contributed by atoms with E-state index in [-0.39, 0.29) is 27.4 Å². The molecule has 1 saturated carbocycles. The molecule has 0 bridgehead atoms. The number of epoxide rings is 1. The van der Waals surface area contributed by atoms with Crippen LogP contribution in [0.15, 0.2) is 11.6 Å². The normalized spacial score (nSPS) is 34.3. The van der Waals surface area contributed by atoms with Crippen molar-refractivity contribution in [3.63, 3.8) is 0 Å². The molecule has 3 aliphatic rings. The maximum atomic E-state index is 6.87. The van der Waals surface area contributed by atoms with E-state index in [9.17, 15) is 0 Å². The Hall–Kier alpha value is 0.0538. The summed E-state index contributed by atoms with van der Waals surface area (Å²) in [5.74, 6) is 0.864. The van der Waals surface area contributed by atoms with Crippen LogP contribution in [-0.4, -0.2) is 35.1 Å². The molecule has 0 aromatic heterocycles. The first kappa shape index (κ1) is 25.7. The van der Waals surface area contributed by atoms with Crippen molar-refractivity contribution in [1.82, 2.24) is 0 Å². The van der Waals surface area contributed by atoms with Crippen LogP contribution >= 0.6 is 0 Å². The lowest BCUT2D eigenvalue weighted by Gasteiger charge is -2.46. The maximum absolute atomic E-state index is 6.87. The Balaban J connectivity index is 1.77. The molecule has 31 heavy (non-hydrogen) atoms. The number of fused-ring (bicyclic) bond motifs is 1. The minimum Gasteiger partial charge on any atom is -0.417 e. The highest BCUT2D eigenvalue weighted by atomic mass is 28.4. The van der Waals surface area contributed by atoms with Crippen molar-refractivity contribution in [3.8, 4) is 0 Å². The average Bonchev–Trinajstić information content (AvgIpc) is 3.14. The fourth-order valence-electron chi connectivity index (χ4n) is 5.31. The van der Waals surface area contributed by atoms with Gasteiger partial charge in [-0.3, -0.25) is 0 Å². The minimum absolute atomic E-state index is 0.212. The summed E-state index contributed by atoms with van der Waals surface area (Å²) in [5, 5.41) is 0.467. The molecule has 1 aliphatic heterocycles. The van der Waals surface area contributed by atoms with Gasteiger partial charge in [0.2, 0.25) is 0 Å². The SMILES string of the molecule is CC(C)C1=CC[C@H](CO[Si](C)(C)C(C)(C)C)[C@]12CC[C@@]1(O[Si](C)(C)C(C)(C)C)O[C@H]1C2. The molecule has 1 saturated heterocycles. The predicted molar refractivity (Wildman–Crippen MR) is 136 cm³/mol. The van der Waals surface area contributed by atoms with Crippen LogP contribution in [0.25, 0.3) is 0 Å². The summed E-state index contributed by atoms with van der Waals surface area (Å²) in [4.78, 5) is 0. The fourth-order valence-corrected chi connectivity index (χ4v) is 7.81. The van der Waals surface area contributed by atoms with E-state index in [2.05, 4.69) is 87.7 Å². The first-order chi connectivity index (χ1) is 13.9. The van der Waals surface area contributed by atoms with Crippen LogP contribution in [0.5, 0.6) is 0 Å². The van der Waals surface area contributed by atoms with Crippen molar-refractivity contribution in [2.24, 2.45) is 17.3 Å². The standard InChI is InChI=1S/C26H50O3Si2/c1-19(2)21-14-13-20(18-27-30(9,10)23(3,4)5)25(21)15-16-26(22(17-25)28-26)29-31(11,12)24(6,7)8/h14,19-20,22H,13,15-18H2,1-12H3/t20-,22+,25-,26+/m1/s1. The Labute approximate surface area is 195 Å². The number of hydrogen-bond acceptors (Lipinski definition) is 3. The molecule has 0 radical (unpaired) electrons. The quantitative estimate of drug-likeness (QED) is 0.226. The third-order valence-electron chi connectivity index (χ3n) is 9.53. The molecular weight excluding hydrogens is 416 g/mol. The molecule has 4 atom stereocenters. The van der Waals surface area contributed by atoms with E-state index >= 15 is 0 Å². The lowest BCUT2D eigenvalue weighted by atomic mass is 9.62. The Morgan fingerprint density at radius 2 is 1.58 bits per heavy atom. The lowest BCUT2D eigenvalue weighted by molar-refractivity contribution is 0.0107. The molecule has 0 N–H and O–H groups in total. The van der Waals surface area contributed by atoms with E-state index in [1.54, 1.807) is 5.57 Å². The summed E-state index contributed by atoms with van der Waals surface area (Å²) < 4.78 is 20.1. The minimum atomic E-state index is -1.85. The van der Waals surface area contributed by atoms with Gasteiger partial charge in [-0.25, -0.2) is 0 Å². The molecule has 0 aromatic rings. The van der Waals surface area contributed by atoms with E-state index in [0.29, 0.717) is 11.8 Å². The number of ether oxygens (including phenoxy) is 1. The highest BCUT2D eigenvalue weighted by Gasteiger charge is 2.68. The smallest absolute Gasteiger partial charge is 0.195 e. The number of rotatable bonds is 6. The van der Waals surface area contributed by atoms with Gasteiger partial charge in [-0.1, -0.05) is 67.0 Å². The largest absolute Gasteiger partial charge is 0.417 e. The molecule has 0 aromatic carbocycles. The summed E-state index contributed by atoms with van der Waals surface area (Å²) in [5.41, 5.74) is 1.89. The molecule has 0 amide bonds. The Kier molecular flexibility index (Phi) is 6.45. The maximum Gasteiger partial charge on any atom is 0.195 e. The van der Waals surface area contributed by atoms with Crippen LogP contribution < -0.4 is 0 Å². The van der Waals surface area contributed by atoms with Crippen molar-refractivity contribution in [2.45, 2.75) is 129 Å². The molecule has 1 spiro atoms. The Bertz CT molecular complexity index is 713. The van der Waals surface area contributed by atoms with Gasteiger partial charge < -0.3 is 13.6 Å². The van der Waals surface area contributed by atoms with Crippen LogP contribution in [0.2, 0.25) is 36.3 Å². The summed E-state index contributed by atoms with van der Waals surface area (Å²) in [7, 11) is -3.60. The first-order valence-electron chi connectivity index (χ1n) is 12.6. The van der Waals surface area contributed by atoms with Crippen LogP contribution in [0.4, 0.5) is 0 Å². The monoisotopic (exact) mass is 466 g/mol. The third-order valence-corrected chi connectivity index (χ3v) is 18.5. The van der Waals surface area contributed by atoms with Gasteiger partial charge >= 0.3 is 0 Å². The van der Waals surface area contributed by atoms with Gasteiger partial charge in [0, 0.05) is 13.0 Å². The van der Waals surface area contributed by atoms with E-state index in [1.165, 1.54) is 6.42 Å². The van der Waals surface area contributed by atoms with Gasteiger partial charge in [-0.2, -0.15) is 0 Å². The van der Waals surface area contributed by atoms with Gasteiger partial charge in [0.25, 0.3) is 0 Å². The zero-order chi connectivity index (χ0) is 23.7. The van der Waals surface area contributed by atoms with Crippen LogP contribution in [-0.2, 0) is 13.6 Å². The van der Waals surface area contributed by atoms with Crippen molar-refractivity contribution < 1.29 is 13.6 Å². The fraction of sp³-hybridized carbons (Fsp3) is 0.923. The molecule has 2 fully saturated rings. The topological polar surface area (TPSA) is 31.0 Å². The highest BCUT2D eigenvalue weighted by molar-refractivity contribution is 6.74. The molecule has 1 heterocycles. The van der Waals surface area contributed by atoms with Crippen molar-refractivity contribution >= 4 is 16.6 Å². The lowest BCUT2D eigenvalue weighted by Crippen LogP contribution is -2.49. The van der Waals surface area contributed by atoms with Gasteiger partial charge in [0.05, 0.1) is 0 Å². The predicted octanol–water partition coefficient (Wildman–Crippen LogP) is 7.90. The van der Waals surface area contributed by atoms with Crippen molar-refractivity contribution in [3.05, 3.63) is 11.6 Å². The number of allylic oxidation sites excluding steroid dienone is 2. The molecule has 3 nitrogen and oxygen atoms in total. The summed E-state index contributed by atoms with van der Waals surface area (Å²) in [6, 6.07) is 0. The first-order valence-corrected chi connectivity index (χ1v) is 18.4. The third kappa shape index (κ3) is 4.56. The van der Waals surface area contributed by atoms with E-state index in [1.807, 2.05) is 0 Å². The van der Waals surface area contributed by atoms with Crippen molar-refractivity contribution in [1.29, 1.82) is 0 Å². The van der Waals surface area contributed by atoms with Crippen LogP contribution in [0, 0.1) is 17.3 Å². The Morgan fingerprint density at radius 1 is 1.00 bits per heavy atom. The molecular formula is C26H50O3Si2. The van der Waals surface area contributed by atoms with Gasteiger partial charge in [0.1, 0.15) is 6.10 Å². The second-order valence-corrected chi connectivity index (χ2v) is 23.5. The summed E-state index contributed by atoms with van der Waals surface area (Å²) >= 11 is 0. The molecule has 3 rings (SSSR count). The molecule has 2 aliphatic carbocycles. The summed E-state index contributed by atoms with van der Waals surface area (Å²) in [6.45, 7) is 29.1. The molecule has 180 valence electrons. The van der Waals surface area contributed by atoms with Gasteiger partial charge in [0.15, 0.2) is 22.4 Å². The number of hydrogen-bond donors (Lipinski definition) is 0. The molecule has 5 heteroatoms. The molecule has 0 unspecified atom stereocenters. The Morgan fingerprint density at radius 3 is 2.06 bits per heavy atom.